The van der Waals surface area contributed by atoms with Crippen LogP contribution in [0, 0.1) is 6.92 Å². The largest absolute Gasteiger partial charge is 0.495 e. The van der Waals surface area contributed by atoms with Gasteiger partial charge in [-0.2, -0.15) is 0 Å². The molecule has 0 spiro atoms. The maximum atomic E-state index is 12.7. The second-order valence-corrected chi connectivity index (χ2v) is 6.26. The number of aromatic nitrogens is 2. The number of nitrogens with one attached hydrogen (secondary N) is 1. The molecule has 0 unspecified atom stereocenters. The highest BCUT2D eigenvalue weighted by molar-refractivity contribution is 6.04. The van der Waals surface area contributed by atoms with Crippen molar-refractivity contribution in [2.24, 2.45) is 0 Å². The molecular weight excluding hydrogens is 340 g/mol. The second kappa shape index (κ2) is 8.31. The fourth-order valence-electron chi connectivity index (χ4n) is 2.72. The average molecular weight is 362 g/mol. The molecule has 6 nitrogen and oxygen atoms in total. The van der Waals surface area contributed by atoms with E-state index in [-0.39, 0.29) is 5.91 Å². The van der Waals surface area contributed by atoms with Crippen LogP contribution in [0.3, 0.4) is 0 Å². The minimum Gasteiger partial charge on any atom is -0.495 e. The molecule has 0 saturated heterocycles. The highest BCUT2D eigenvalue weighted by Gasteiger charge is 2.14. The van der Waals surface area contributed by atoms with Gasteiger partial charge >= 0.3 is 0 Å². The number of ether oxygens (including phenoxy) is 1. The summed E-state index contributed by atoms with van der Waals surface area (Å²) in [6, 6.07) is 17.4. The molecule has 6 heteroatoms. The summed E-state index contributed by atoms with van der Waals surface area (Å²) in [6.45, 7) is 2.64. The van der Waals surface area contributed by atoms with Crippen molar-refractivity contribution in [3.63, 3.8) is 0 Å². The summed E-state index contributed by atoms with van der Waals surface area (Å²) in [4.78, 5) is 23.0. The second-order valence-electron chi connectivity index (χ2n) is 6.26. The molecule has 0 bridgehead atoms. The molecule has 0 aliphatic heterocycles. The normalized spacial score (nSPS) is 10.3. The molecule has 0 aliphatic rings. The smallest absolute Gasteiger partial charge is 0.274 e. The Morgan fingerprint density at radius 3 is 2.63 bits per heavy atom. The summed E-state index contributed by atoms with van der Waals surface area (Å²) in [7, 11) is 3.50. The molecule has 0 atom stereocenters. The number of amides is 1. The Kier molecular flexibility index (Phi) is 5.66. The minimum atomic E-state index is -0.310. The lowest BCUT2D eigenvalue weighted by molar-refractivity contribution is 0.102. The Labute approximate surface area is 158 Å². The van der Waals surface area contributed by atoms with Crippen LogP contribution in [0.15, 0.2) is 60.9 Å². The van der Waals surface area contributed by atoms with E-state index in [1.807, 2.05) is 55.3 Å². The fraction of sp³-hybridized carbons (Fsp3) is 0.190. The molecule has 0 fully saturated rings. The zero-order chi connectivity index (χ0) is 19.2. The molecule has 1 N–H and O–H groups in total. The van der Waals surface area contributed by atoms with E-state index in [0.717, 1.165) is 11.1 Å². The van der Waals surface area contributed by atoms with Crippen molar-refractivity contribution >= 4 is 17.4 Å². The number of nitrogens with zero attached hydrogens (tertiary/aromatic N) is 3. The van der Waals surface area contributed by atoms with Crippen molar-refractivity contribution in [3.05, 3.63) is 77.7 Å². The van der Waals surface area contributed by atoms with Crippen molar-refractivity contribution in [1.29, 1.82) is 0 Å². The molecule has 0 radical (unpaired) electrons. The van der Waals surface area contributed by atoms with E-state index >= 15 is 0 Å². The Hall–Kier alpha value is -3.41. The lowest BCUT2D eigenvalue weighted by atomic mass is 10.2. The molecular formula is C21H22N4O2. The first-order valence-corrected chi connectivity index (χ1v) is 8.60. The van der Waals surface area contributed by atoms with Gasteiger partial charge in [-0.3, -0.25) is 4.79 Å². The van der Waals surface area contributed by atoms with E-state index in [1.54, 1.807) is 13.2 Å². The molecule has 0 aliphatic carbocycles. The van der Waals surface area contributed by atoms with Crippen molar-refractivity contribution in [2.45, 2.75) is 13.5 Å². The quantitative estimate of drug-likeness (QED) is 0.724. The predicted octanol–water partition coefficient (Wildman–Crippen LogP) is 3.68. The topological polar surface area (TPSA) is 67.3 Å². The van der Waals surface area contributed by atoms with Gasteiger partial charge in [0.05, 0.1) is 12.8 Å². The monoisotopic (exact) mass is 362 g/mol. The van der Waals surface area contributed by atoms with Gasteiger partial charge in [-0.15, -0.1) is 0 Å². The van der Waals surface area contributed by atoms with Gasteiger partial charge in [0.1, 0.15) is 23.6 Å². The lowest BCUT2D eigenvalue weighted by Crippen LogP contribution is -2.20. The van der Waals surface area contributed by atoms with Gasteiger partial charge in [0.2, 0.25) is 0 Å². The number of hydrogen-bond donors (Lipinski definition) is 1. The first kappa shape index (κ1) is 18.4. The van der Waals surface area contributed by atoms with Gasteiger partial charge in [-0.05, 0) is 30.2 Å². The van der Waals surface area contributed by atoms with E-state index in [0.29, 0.717) is 29.5 Å². The van der Waals surface area contributed by atoms with E-state index in [4.69, 9.17) is 4.74 Å². The van der Waals surface area contributed by atoms with Gasteiger partial charge in [0.15, 0.2) is 0 Å². The summed E-state index contributed by atoms with van der Waals surface area (Å²) in [6.07, 6.45) is 1.40. The lowest BCUT2D eigenvalue weighted by Gasteiger charge is -2.18. The number of rotatable bonds is 6. The van der Waals surface area contributed by atoms with Crippen LogP contribution in [0.5, 0.6) is 5.75 Å². The van der Waals surface area contributed by atoms with E-state index in [1.165, 1.54) is 6.33 Å². The molecule has 2 aromatic carbocycles. The molecule has 138 valence electrons. The fourth-order valence-corrected chi connectivity index (χ4v) is 2.72. The summed E-state index contributed by atoms with van der Waals surface area (Å²) < 4.78 is 5.31. The van der Waals surface area contributed by atoms with Crippen LogP contribution in [0.25, 0.3) is 0 Å². The summed E-state index contributed by atoms with van der Waals surface area (Å²) in [5.74, 6) is 0.968. The van der Waals surface area contributed by atoms with Crippen LogP contribution in [-0.4, -0.2) is 30.0 Å². The number of carbonyl (C=O) groups excluding carboxylic acids is 1. The maximum Gasteiger partial charge on any atom is 0.274 e. The van der Waals surface area contributed by atoms with Crippen molar-refractivity contribution in [3.8, 4) is 5.75 Å². The third-order valence-electron chi connectivity index (χ3n) is 4.14. The Balaban J connectivity index is 1.77. The Bertz CT molecular complexity index is 928. The zero-order valence-electron chi connectivity index (χ0n) is 15.6. The molecule has 3 rings (SSSR count). The standard InChI is InChI=1S/C21H22N4O2/c1-15-9-10-19(27-3)17(11-15)24-21(26)18-12-20(23-14-22-18)25(2)13-16-7-5-4-6-8-16/h4-12,14H,13H2,1-3H3,(H,24,26). The van der Waals surface area contributed by atoms with E-state index in [2.05, 4.69) is 27.4 Å². The SMILES string of the molecule is COc1ccc(C)cc1NC(=O)c1cc(N(C)Cc2ccccc2)ncn1. The van der Waals surface area contributed by atoms with Crippen molar-refractivity contribution in [1.82, 2.24) is 9.97 Å². The number of benzene rings is 2. The van der Waals surface area contributed by atoms with Crippen LogP contribution in [-0.2, 0) is 6.54 Å². The number of hydrogen-bond acceptors (Lipinski definition) is 5. The van der Waals surface area contributed by atoms with Gasteiger partial charge in [0.25, 0.3) is 5.91 Å². The molecule has 1 aromatic heterocycles. The summed E-state index contributed by atoms with van der Waals surface area (Å²) in [5, 5.41) is 2.86. The summed E-state index contributed by atoms with van der Waals surface area (Å²) >= 11 is 0. The third kappa shape index (κ3) is 4.61. The number of anilines is 2. The number of aryl methyl sites for hydroxylation is 1. The minimum absolute atomic E-state index is 0.295. The number of methoxy groups -OCH3 is 1. The van der Waals surface area contributed by atoms with Gasteiger partial charge in [-0.25, -0.2) is 9.97 Å². The molecule has 0 saturated carbocycles. The molecule has 1 heterocycles. The van der Waals surface area contributed by atoms with Crippen LogP contribution >= 0.6 is 0 Å². The van der Waals surface area contributed by atoms with E-state index in [9.17, 15) is 4.79 Å². The van der Waals surface area contributed by atoms with Crippen LogP contribution < -0.4 is 15.0 Å². The van der Waals surface area contributed by atoms with Crippen LogP contribution in [0.1, 0.15) is 21.6 Å². The van der Waals surface area contributed by atoms with Crippen LogP contribution in [0.4, 0.5) is 11.5 Å². The van der Waals surface area contributed by atoms with Gasteiger partial charge < -0.3 is 15.0 Å². The average Bonchev–Trinajstić information content (AvgIpc) is 2.69. The Morgan fingerprint density at radius 1 is 1.11 bits per heavy atom. The van der Waals surface area contributed by atoms with Crippen LogP contribution in [0.2, 0.25) is 0 Å². The first-order chi connectivity index (χ1) is 13.1. The maximum absolute atomic E-state index is 12.7. The predicted molar refractivity (Wildman–Crippen MR) is 106 cm³/mol. The zero-order valence-corrected chi connectivity index (χ0v) is 15.6. The van der Waals surface area contributed by atoms with Gasteiger partial charge in [-0.1, -0.05) is 36.4 Å². The first-order valence-electron chi connectivity index (χ1n) is 8.60. The molecule has 3 aromatic rings. The van der Waals surface area contributed by atoms with Crippen molar-refractivity contribution in [2.75, 3.05) is 24.4 Å². The van der Waals surface area contributed by atoms with Crippen molar-refractivity contribution < 1.29 is 9.53 Å². The van der Waals surface area contributed by atoms with Gasteiger partial charge in [0, 0.05) is 19.7 Å². The Morgan fingerprint density at radius 2 is 1.89 bits per heavy atom. The van der Waals surface area contributed by atoms with E-state index < -0.39 is 0 Å². The number of carbonyl (C=O) groups is 1. The summed E-state index contributed by atoms with van der Waals surface area (Å²) in [5.41, 5.74) is 3.09. The highest BCUT2D eigenvalue weighted by atomic mass is 16.5. The third-order valence-corrected chi connectivity index (χ3v) is 4.14. The molecule has 27 heavy (non-hydrogen) atoms. The highest BCUT2D eigenvalue weighted by Crippen LogP contribution is 2.25. The molecule has 1 amide bonds.